The highest BCUT2D eigenvalue weighted by atomic mass is 16.4. The predicted octanol–water partition coefficient (Wildman–Crippen LogP) is 3.95. The van der Waals surface area contributed by atoms with Crippen LogP contribution in [0.3, 0.4) is 0 Å². The van der Waals surface area contributed by atoms with Gasteiger partial charge in [0.05, 0.1) is 6.42 Å². The predicted molar refractivity (Wildman–Crippen MR) is 177 cm³/mol. The number of nitrogens with one attached hydrogen (secondary N) is 3. The summed E-state index contributed by atoms with van der Waals surface area (Å²) in [6, 6.07) is 4.27. The lowest BCUT2D eigenvalue weighted by molar-refractivity contribution is -0.145. The second-order valence-electron chi connectivity index (χ2n) is 12.5. The third kappa shape index (κ3) is 15.0. The maximum absolute atomic E-state index is 13.2. The van der Waals surface area contributed by atoms with Crippen molar-refractivity contribution in [3.8, 4) is 0 Å². The average Bonchev–Trinajstić information content (AvgIpc) is 3.53. The lowest BCUT2D eigenvalue weighted by Gasteiger charge is -2.28. The Morgan fingerprint density at radius 2 is 1.34 bits per heavy atom. The van der Waals surface area contributed by atoms with E-state index in [9.17, 15) is 39.0 Å². The number of aliphatic carboxylic acids is 2. The molecular weight excluding hydrogens is 604 g/mol. The highest BCUT2D eigenvalue weighted by molar-refractivity contribution is 5.94. The van der Waals surface area contributed by atoms with Crippen LogP contribution in [0.4, 0.5) is 0 Å². The van der Waals surface area contributed by atoms with Crippen LogP contribution in [0.5, 0.6) is 0 Å². The maximum atomic E-state index is 13.2. The fourth-order valence-corrected chi connectivity index (χ4v) is 5.83. The molecule has 1 aromatic rings. The zero-order valence-corrected chi connectivity index (χ0v) is 28.0. The molecule has 5 N–H and O–H groups in total. The topological polar surface area (TPSA) is 182 Å². The van der Waals surface area contributed by atoms with E-state index in [4.69, 9.17) is 0 Å². The Labute approximate surface area is 278 Å². The van der Waals surface area contributed by atoms with Crippen LogP contribution < -0.4 is 16.0 Å². The molecule has 0 aliphatic carbocycles. The number of amides is 4. The number of hydrogen-bond acceptors (Lipinski definition) is 6. The van der Waals surface area contributed by atoms with E-state index in [2.05, 4.69) is 22.9 Å². The summed E-state index contributed by atoms with van der Waals surface area (Å²) in [6.07, 6.45) is 13.0. The minimum Gasteiger partial charge on any atom is -0.480 e. The van der Waals surface area contributed by atoms with E-state index in [1.807, 2.05) is 0 Å². The molecule has 1 aliphatic heterocycles. The second kappa shape index (κ2) is 21.8. The van der Waals surface area contributed by atoms with Gasteiger partial charge in [0, 0.05) is 19.4 Å². The Balaban J connectivity index is 1.77. The van der Waals surface area contributed by atoms with Crippen LogP contribution in [-0.4, -0.2) is 81.4 Å². The van der Waals surface area contributed by atoms with Gasteiger partial charge in [0.25, 0.3) is 0 Å². The molecule has 0 aromatic heterocycles. The van der Waals surface area contributed by atoms with Crippen LogP contribution in [0.2, 0.25) is 0 Å². The number of carbonyl (C=O) groups is 6. The van der Waals surface area contributed by atoms with E-state index in [0.29, 0.717) is 19.3 Å². The minimum atomic E-state index is -1.44. The summed E-state index contributed by atoms with van der Waals surface area (Å²) < 4.78 is 0. The van der Waals surface area contributed by atoms with Crippen LogP contribution in [0.1, 0.15) is 116 Å². The van der Waals surface area contributed by atoms with Gasteiger partial charge in [-0.15, -0.1) is 0 Å². The van der Waals surface area contributed by atoms with Crippen molar-refractivity contribution in [1.29, 1.82) is 0 Å². The summed E-state index contributed by atoms with van der Waals surface area (Å²) in [5, 5.41) is 26.7. The standard InChI is InChI=1S/C35H54N4O8/c1-3-4-5-6-7-8-9-10-11-12-16-21-30(40)37-28(35(46)47)24-31(41)36-25(2)33(43)39-22-17-20-29(39)32(42)38-27(34(44)45)23-26-18-14-13-15-19-26/h13-15,18-19,25,27-29H,3-12,16-17,20-24H2,1-2H3,(H,36,41)(H,37,40)(H,38,42)(H,44,45)(H,46,47)/t25-,27-,28?,29-/m0/s1. The van der Waals surface area contributed by atoms with Crippen molar-refractivity contribution in [2.45, 2.75) is 141 Å². The van der Waals surface area contributed by atoms with Crippen LogP contribution in [-0.2, 0) is 35.2 Å². The van der Waals surface area contributed by atoms with E-state index >= 15 is 0 Å². The third-order valence-corrected chi connectivity index (χ3v) is 8.51. The molecule has 1 unspecified atom stereocenters. The quantitative estimate of drug-likeness (QED) is 0.110. The highest BCUT2D eigenvalue weighted by Gasteiger charge is 2.38. The minimum absolute atomic E-state index is 0.0790. The van der Waals surface area contributed by atoms with Crippen molar-refractivity contribution in [3.63, 3.8) is 0 Å². The summed E-state index contributed by atoms with van der Waals surface area (Å²) in [4.78, 5) is 76.3. The molecule has 1 fully saturated rings. The zero-order valence-electron chi connectivity index (χ0n) is 28.0. The fourth-order valence-electron chi connectivity index (χ4n) is 5.83. The Kier molecular flexibility index (Phi) is 18.2. The molecule has 0 bridgehead atoms. The maximum Gasteiger partial charge on any atom is 0.326 e. The number of rotatable bonds is 23. The molecule has 0 radical (unpaired) electrons. The first kappa shape index (κ1) is 39.2. The van der Waals surface area contributed by atoms with E-state index in [-0.39, 0.29) is 19.4 Å². The van der Waals surface area contributed by atoms with Gasteiger partial charge in [0.15, 0.2) is 0 Å². The largest absolute Gasteiger partial charge is 0.480 e. The molecule has 0 spiro atoms. The number of carboxylic acids is 2. The van der Waals surface area contributed by atoms with Crippen molar-refractivity contribution in [3.05, 3.63) is 35.9 Å². The smallest absolute Gasteiger partial charge is 0.326 e. The summed E-state index contributed by atoms with van der Waals surface area (Å²) in [5.74, 6) is -4.86. The van der Waals surface area contributed by atoms with Crippen molar-refractivity contribution in [1.82, 2.24) is 20.9 Å². The Morgan fingerprint density at radius 3 is 1.91 bits per heavy atom. The Hall–Kier alpha value is -3.96. The molecule has 12 heteroatoms. The van der Waals surface area contributed by atoms with Crippen LogP contribution in [0.15, 0.2) is 30.3 Å². The highest BCUT2D eigenvalue weighted by Crippen LogP contribution is 2.19. The molecule has 262 valence electrons. The van der Waals surface area contributed by atoms with Gasteiger partial charge in [-0.25, -0.2) is 9.59 Å². The van der Waals surface area contributed by atoms with Gasteiger partial charge >= 0.3 is 11.9 Å². The molecule has 1 aliphatic rings. The van der Waals surface area contributed by atoms with Crippen molar-refractivity contribution < 1.29 is 39.0 Å². The number of likely N-dealkylation sites (tertiary alicyclic amines) is 1. The first-order valence-corrected chi connectivity index (χ1v) is 17.2. The van der Waals surface area contributed by atoms with E-state index in [1.54, 1.807) is 30.3 Å². The molecule has 1 saturated heterocycles. The second-order valence-corrected chi connectivity index (χ2v) is 12.5. The van der Waals surface area contributed by atoms with Crippen LogP contribution in [0.25, 0.3) is 0 Å². The molecule has 47 heavy (non-hydrogen) atoms. The summed E-state index contributed by atoms with van der Waals surface area (Å²) >= 11 is 0. The Morgan fingerprint density at radius 1 is 0.766 bits per heavy atom. The van der Waals surface area contributed by atoms with Gasteiger partial charge in [-0.2, -0.15) is 0 Å². The zero-order chi connectivity index (χ0) is 34.6. The molecule has 1 heterocycles. The van der Waals surface area contributed by atoms with E-state index in [0.717, 1.165) is 24.8 Å². The molecule has 4 amide bonds. The van der Waals surface area contributed by atoms with Crippen LogP contribution in [0, 0.1) is 0 Å². The van der Waals surface area contributed by atoms with Gasteiger partial charge in [-0.05, 0) is 31.7 Å². The van der Waals surface area contributed by atoms with Gasteiger partial charge in [-0.3, -0.25) is 19.2 Å². The summed E-state index contributed by atoms with van der Waals surface area (Å²) in [7, 11) is 0. The van der Waals surface area contributed by atoms with Gasteiger partial charge in [0.1, 0.15) is 24.2 Å². The lowest BCUT2D eigenvalue weighted by atomic mass is 10.0. The fraction of sp³-hybridized carbons (Fsp3) is 0.657. The molecule has 12 nitrogen and oxygen atoms in total. The molecule has 2 rings (SSSR count). The van der Waals surface area contributed by atoms with Crippen LogP contribution >= 0.6 is 0 Å². The molecule has 0 saturated carbocycles. The van der Waals surface area contributed by atoms with E-state index < -0.39 is 66.2 Å². The van der Waals surface area contributed by atoms with E-state index in [1.165, 1.54) is 56.8 Å². The number of carbonyl (C=O) groups excluding carboxylic acids is 4. The van der Waals surface area contributed by atoms with Crippen molar-refractivity contribution >= 4 is 35.6 Å². The van der Waals surface area contributed by atoms with Gasteiger partial charge < -0.3 is 31.1 Å². The normalized spacial score (nSPS) is 16.1. The monoisotopic (exact) mass is 658 g/mol. The lowest BCUT2D eigenvalue weighted by Crippen LogP contribution is -2.55. The molecule has 1 aromatic carbocycles. The third-order valence-electron chi connectivity index (χ3n) is 8.51. The van der Waals surface area contributed by atoms with Gasteiger partial charge in [0.2, 0.25) is 23.6 Å². The number of carboxylic acid groups (broad SMARTS) is 2. The molecule has 4 atom stereocenters. The SMILES string of the molecule is CCCCCCCCCCCCCC(=O)NC(CC(=O)N[C@@H](C)C(=O)N1CCC[C@H]1C(=O)N[C@@H](Cc1ccccc1)C(=O)O)C(=O)O. The number of unbranched alkanes of at least 4 members (excludes halogenated alkanes) is 10. The van der Waals surface area contributed by atoms with Crippen molar-refractivity contribution in [2.75, 3.05) is 6.54 Å². The summed E-state index contributed by atoms with van der Waals surface area (Å²) in [5.41, 5.74) is 0.737. The first-order chi connectivity index (χ1) is 22.5. The summed E-state index contributed by atoms with van der Waals surface area (Å²) in [6.45, 7) is 3.89. The number of nitrogens with zero attached hydrogens (tertiary/aromatic N) is 1. The van der Waals surface area contributed by atoms with Gasteiger partial charge in [-0.1, -0.05) is 101 Å². The number of hydrogen-bond donors (Lipinski definition) is 5. The van der Waals surface area contributed by atoms with Crippen molar-refractivity contribution in [2.24, 2.45) is 0 Å². The number of benzene rings is 1. The average molecular weight is 659 g/mol. The Bertz CT molecular complexity index is 1160. The molecular formula is C35H54N4O8. The first-order valence-electron chi connectivity index (χ1n) is 17.2.